The van der Waals surface area contributed by atoms with Gasteiger partial charge in [-0.05, 0) is 45.3 Å². The van der Waals surface area contributed by atoms with Gasteiger partial charge in [0.2, 0.25) is 0 Å². The highest BCUT2D eigenvalue weighted by Crippen LogP contribution is 2.64. The Labute approximate surface area is 287 Å². The summed E-state index contributed by atoms with van der Waals surface area (Å²) in [5.41, 5.74) is 0. The highest BCUT2D eigenvalue weighted by Gasteiger charge is 2.38. The lowest BCUT2D eigenvalue weighted by Crippen LogP contribution is -2.27. The first kappa shape index (κ1) is 51.7. The van der Waals surface area contributed by atoms with E-state index in [0.29, 0.717) is 6.61 Å². The van der Waals surface area contributed by atoms with Gasteiger partial charge in [0.1, 0.15) is 0 Å². The summed E-state index contributed by atoms with van der Waals surface area (Å²) in [5.74, 6) is 0. The molecule has 0 aromatic heterocycles. The molecule has 15 heteroatoms. The molecule has 0 aliphatic carbocycles. The lowest BCUT2D eigenvalue weighted by atomic mass is 10.1. The Bertz CT molecular complexity index is 709. The van der Waals surface area contributed by atoms with Crippen molar-refractivity contribution >= 4 is 23.5 Å². The maximum absolute atomic E-state index is 10.4. The fraction of sp³-hybridized carbons (Fsp3) is 1.00. The molecule has 0 unspecified atom stereocenters. The molecular formula is C32H74NO11P3. The maximum atomic E-state index is 10.4. The molecule has 6 N–H and O–H groups in total. The predicted molar refractivity (Wildman–Crippen MR) is 193 cm³/mol. The van der Waals surface area contributed by atoms with E-state index in [1.807, 2.05) is 0 Å². The van der Waals surface area contributed by atoms with Crippen molar-refractivity contribution in [3.8, 4) is 0 Å². The van der Waals surface area contributed by atoms with Gasteiger partial charge in [-0.2, -0.15) is 8.62 Å². The Kier molecular flexibility index (Phi) is 39.7. The lowest BCUT2D eigenvalue weighted by Gasteiger charge is -2.22. The first-order valence-electron chi connectivity index (χ1n) is 18.4. The van der Waals surface area contributed by atoms with Gasteiger partial charge in [-0.15, -0.1) is 0 Å². The van der Waals surface area contributed by atoms with Crippen LogP contribution in [0.2, 0.25) is 0 Å². The number of aliphatic hydroxyl groups excluding tert-OH is 1. The van der Waals surface area contributed by atoms with Gasteiger partial charge in [0.15, 0.2) is 0 Å². The Balaban J connectivity index is -0.000000728. The molecule has 0 atom stereocenters. The van der Waals surface area contributed by atoms with Gasteiger partial charge in [0.25, 0.3) is 0 Å². The average Bonchev–Trinajstić information content (AvgIpc) is 2.96. The molecule has 0 aliphatic heterocycles. The Morgan fingerprint density at radius 2 is 0.638 bits per heavy atom. The van der Waals surface area contributed by atoms with Gasteiger partial charge in [0, 0.05) is 6.61 Å². The third-order valence-corrected chi connectivity index (χ3v) is 10.8. The normalized spacial score (nSPS) is 12.1. The molecule has 0 radical (unpaired) electrons. The topological polar surface area (TPSA) is 194 Å². The van der Waals surface area contributed by atoms with Crippen LogP contribution < -0.4 is 0 Å². The van der Waals surface area contributed by atoms with Crippen molar-refractivity contribution in [2.24, 2.45) is 0 Å². The van der Waals surface area contributed by atoms with Crippen LogP contribution in [-0.2, 0) is 22.3 Å². The van der Waals surface area contributed by atoms with E-state index in [1.54, 1.807) is 0 Å². The fourth-order valence-electron chi connectivity index (χ4n) is 4.86. The molecule has 0 aliphatic rings. The second-order valence-electron chi connectivity index (χ2n) is 12.2. The van der Waals surface area contributed by atoms with Crippen LogP contribution in [0.3, 0.4) is 0 Å². The summed E-state index contributed by atoms with van der Waals surface area (Å²) in [6, 6.07) is 0. The number of rotatable bonds is 31. The van der Waals surface area contributed by atoms with E-state index >= 15 is 0 Å². The molecule has 12 nitrogen and oxygen atoms in total. The Morgan fingerprint density at radius 3 is 0.872 bits per heavy atom. The molecule has 0 fully saturated rings. The molecule has 0 heterocycles. The number of nitrogens with zero attached hydrogens (tertiary/aromatic N) is 1. The summed E-state index contributed by atoms with van der Waals surface area (Å²) < 4.78 is 36.4. The van der Waals surface area contributed by atoms with Gasteiger partial charge in [-0.3, -0.25) is 0 Å². The minimum atomic E-state index is -5.46. The van der Waals surface area contributed by atoms with Gasteiger partial charge < -0.3 is 34.5 Å². The van der Waals surface area contributed by atoms with Gasteiger partial charge in [0.05, 0.1) is 0 Å². The fourth-order valence-corrected chi connectivity index (χ4v) is 7.40. The van der Waals surface area contributed by atoms with Crippen LogP contribution >= 0.6 is 23.5 Å². The van der Waals surface area contributed by atoms with Crippen molar-refractivity contribution in [3.63, 3.8) is 0 Å². The van der Waals surface area contributed by atoms with Crippen LogP contribution in [0.1, 0.15) is 182 Å². The largest absolute Gasteiger partial charge is 0.490 e. The summed E-state index contributed by atoms with van der Waals surface area (Å²) in [6.07, 6.45) is 33.2. The highest BCUT2D eigenvalue weighted by molar-refractivity contribution is 7.66. The van der Waals surface area contributed by atoms with Crippen LogP contribution in [0, 0.1) is 0 Å². The zero-order valence-electron chi connectivity index (χ0n) is 30.3. The van der Waals surface area contributed by atoms with E-state index in [0.717, 1.165) is 6.42 Å². The summed E-state index contributed by atoms with van der Waals surface area (Å²) in [5, 5.41) is 8.42. The number of unbranched alkanes of at least 4 members (excludes halogenated alkanes) is 20. The highest BCUT2D eigenvalue weighted by atomic mass is 31.3. The smallest absolute Gasteiger partial charge is 0.396 e. The summed E-state index contributed by atoms with van der Waals surface area (Å²) in [7, 11) is -16.2. The van der Waals surface area contributed by atoms with Gasteiger partial charge in [-0.1, -0.05) is 156 Å². The van der Waals surface area contributed by atoms with Crippen LogP contribution in [0.5, 0.6) is 0 Å². The first-order valence-corrected chi connectivity index (χ1v) is 22.9. The zero-order valence-corrected chi connectivity index (χ0v) is 33.0. The number of aliphatic hydroxyl groups is 1. The molecule has 288 valence electrons. The van der Waals surface area contributed by atoms with Crippen molar-refractivity contribution in [2.45, 2.75) is 182 Å². The third kappa shape index (κ3) is 50.8. The molecule has 0 spiro atoms. The van der Waals surface area contributed by atoms with E-state index in [1.165, 1.54) is 167 Å². The van der Waals surface area contributed by atoms with Crippen molar-refractivity contribution in [1.82, 2.24) is 4.90 Å². The monoisotopic (exact) mass is 741 g/mol. The Hall–Kier alpha value is 0.330. The molecule has 0 aromatic carbocycles. The molecule has 47 heavy (non-hydrogen) atoms. The molecule has 0 saturated heterocycles. The first-order chi connectivity index (χ1) is 22.2. The second-order valence-corrected chi connectivity index (χ2v) is 16.5. The van der Waals surface area contributed by atoms with E-state index in [4.69, 9.17) is 29.6 Å². The summed E-state index contributed by atoms with van der Waals surface area (Å²) >= 11 is 0. The van der Waals surface area contributed by atoms with Crippen LogP contribution in [-0.4, -0.2) is 60.7 Å². The second kappa shape index (κ2) is 36.1. The minimum absolute atomic E-state index is 0.367. The average molecular weight is 742 g/mol. The minimum Gasteiger partial charge on any atom is -0.396 e. The van der Waals surface area contributed by atoms with E-state index in [2.05, 4.69) is 41.2 Å². The standard InChI is InChI=1S/C24H51N.C8H18O.H5O10P3/c1-4-7-10-13-16-19-22-25(23-20-17-14-11-8-5-2)24-21-18-15-12-9-6-3;1-2-3-4-5-6-7-8-9;1-11(2,3)9-13(7,8)10-12(4,5)6/h4-24H2,1-3H3;9H,2-8H2,1H3;(H,7,8)(H2,1,2,3)(H2,4,5,6). The van der Waals surface area contributed by atoms with Crippen LogP contribution in [0.4, 0.5) is 0 Å². The molecule has 0 rings (SSSR count). The number of hydrogen-bond donors (Lipinski definition) is 6. The molecule has 0 bridgehead atoms. The van der Waals surface area contributed by atoms with E-state index in [9.17, 15) is 13.7 Å². The van der Waals surface area contributed by atoms with E-state index < -0.39 is 23.5 Å². The molecule has 0 aromatic rings. The summed E-state index contributed by atoms with van der Waals surface area (Å²) in [4.78, 5) is 43.0. The number of phosphoric acid groups is 3. The van der Waals surface area contributed by atoms with Gasteiger partial charge in [-0.25, -0.2) is 13.7 Å². The van der Waals surface area contributed by atoms with E-state index in [-0.39, 0.29) is 0 Å². The van der Waals surface area contributed by atoms with Gasteiger partial charge >= 0.3 is 23.5 Å². The van der Waals surface area contributed by atoms with Crippen molar-refractivity contribution in [3.05, 3.63) is 0 Å². The van der Waals surface area contributed by atoms with Crippen LogP contribution in [0.15, 0.2) is 0 Å². The quantitative estimate of drug-likeness (QED) is 0.0291. The third-order valence-electron chi connectivity index (χ3n) is 7.41. The van der Waals surface area contributed by atoms with Crippen molar-refractivity contribution in [2.75, 3.05) is 26.2 Å². The van der Waals surface area contributed by atoms with Crippen LogP contribution in [0.25, 0.3) is 0 Å². The summed E-state index contributed by atoms with van der Waals surface area (Å²) in [6.45, 7) is 13.6. The molecule has 0 saturated carbocycles. The Morgan fingerprint density at radius 1 is 0.404 bits per heavy atom. The maximum Gasteiger partial charge on any atom is 0.490 e. The molecular weight excluding hydrogens is 667 g/mol. The lowest BCUT2D eigenvalue weighted by molar-refractivity contribution is 0.204. The number of hydrogen-bond acceptors (Lipinski definition) is 7. The van der Waals surface area contributed by atoms with Crippen molar-refractivity contribution in [1.29, 1.82) is 0 Å². The predicted octanol–water partition coefficient (Wildman–Crippen LogP) is 10.0. The SMILES string of the molecule is CCCCCCCCN(CCCCCCCC)CCCCCCCC.CCCCCCCCO.O=P(O)(O)OP(=O)(O)OP(=O)(O)O. The zero-order chi connectivity index (χ0) is 36.3. The van der Waals surface area contributed by atoms with Crippen molar-refractivity contribution < 1.29 is 51.9 Å². The molecule has 0 amide bonds.